The van der Waals surface area contributed by atoms with E-state index in [-0.39, 0.29) is 11.8 Å². The summed E-state index contributed by atoms with van der Waals surface area (Å²) in [5.41, 5.74) is 0.763. The minimum Gasteiger partial charge on any atom is -0.386 e. The molecular formula is C12H19N3O2. The lowest BCUT2D eigenvalue weighted by Gasteiger charge is -2.48. The van der Waals surface area contributed by atoms with Crippen molar-refractivity contribution < 1.29 is 9.90 Å². The number of β-amino-alcohol motifs (C(OH)–C–C–N with tert-alkyl or cyclic N) is 1. The highest BCUT2D eigenvalue weighted by Gasteiger charge is 2.46. The SMILES string of the molecule is Cc1c(C(=O)N2CC(O)(C(C)C)C2)cnn1C. The van der Waals surface area contributed by atoms with Crippen LogP contribution in [0.15, 0.2) is 6.20 Å². The third-order valence-corrected chi connectivity index (χ3v) is 3.76. The lowest BCUT2D eigenvalue weighted by Crippen LogP contribution is -2.66. The summed E-state index contributed by atoms with van der Waals surface area (Å²) in [7, 11) is 1.81. The van der Waals surface area contributed by atoms with Gasteiger partial charge in [0.15, 0.2) is 0 Å². The van der Waals surface area contributed by atoms with E-state index in [1.165, 1.54) is 0 Å². The van der Waals surface area contributed by atoms with Gasteiger partial charge in [-0.3, -0.25) is 9.48 Å². The molecule has 1 fully saturated rings. The van der Waals surface area contributed by atoms with Crippen molar-refractivity contribution in [2.75, 3.05) is 13.1 Å². The standard InChI is InChI=1S/C12H19N3O2/c1-8(2)12(17)6-15(7-12)11(16)10-5-13-14(4)9(10)3/h5,8,17H,6-7H2,1-4H3. The van der Waals surface area contributed by atoms with Gasteiger partial charge in [-0.05, 0) is 12.8 Å². The molecule has 0 bridgehead atoms. The monoisotopic (exact) mass is 237 g/mol. The van der Waals surface area contributed by atoms with E-state index in [2.05, 4.69) is 5.10 Å². The highest BCUT2D eigenvalue weighted by molar-refractivity contribution is 5.95. The van der Waals surface area contributed by atoms with Crippen molar-refractivity contribution in [1.82, 2.24) is 14.7 Å². The van der Waals surface area contributed by atoms with Crippen LogP contribution in [0.1, 0.15) is 29.9 Å². The fourth-order valence-electron chi connectivity index (χ4n) is 2.00. The Kier molecular flexibility index (Phi) is 2.73. The van der Waals surface area contributed by atoms with Crippen LogP contribution in [-0.2, 0) is 7.05 Å². The molecule has 1 aromatic heterocycles. The maximum Gasteiger partial charge on any atom is 0.257 e. The highest BCUT2D eigenvalue weighted by Crippen LogP contribution is 2.30. The van der Waals surface area contributed by atoms with Crippen LogP contribution in [0.25, 0.3) is 0 Å². The lowest BCUT2D eigenvalue weighted by atomic mass is 9.82. The smallest absolute Gasteiger partial charge is 0.257 e. The molecule has 1 aliphatic heterocycles. The molecule has 17 heavy (non-hydrogen) atoms. The van der Waals surface area contributed by atoms with E-state index < -0.39 is 5.60 Å². The molecule has 5 heteroatoms. The van der Waals surface area contributed by atoms with Gasteiger partial charge in [-0.1, -0.05) is 13.8 Å². The Morgan fingerprint density at radius 1 is 1.53 bits per heavy atom. The molecule has 2 heterocycles. The molecule has 0 aliphatic carbocycles. The summed E-state index contributed by atoms with van der Waals surface area (Å²) < 4.78 is 1.68. The Labute approximate surface area is 101 Å². The van der Waals surface area contributed by atoms with Crippen molar-refractivity contribution in [3.05, 3.63) is 17.5 Å². The number of hydrogen-bond acceptors (Lipinski definition) is 3. The molecule has 0 radical (unpaired) electrons. The molecule has 94 valence electrons. The van der Waals surface area contributed by atoms with E-state index in [1.807, 2.05) is 27.8 Å². The molecule has 0 saturated carbocycles. The minimum atomic E-state index is -0.716. The second-order valence-electron chi connectivity index (χ2n) is 5.19. The largest absolute Gasteiger partial charge is 0.386 e. The number of aliphatic hydroxyl groups is 1. The number of aromatic nitrogens is 2. The summed E-state index contributed by atoms with van der Waals surface area (Å²) in [4.78, 5) is 13.8. The number of rotatable bonds is 2. The number of likely N-dealkylation sites (tertiary alicyclic amines) is 1. The molecule has 1 aromatic rings. The highest BCUT2D eigenvalue weighted by atomic mass is 16.3. The first-order valence-electron chi connectivity index (χ1n) is 5.85. The Hall–Kier alpha value is -1.36. The zero-order valence-corrected chi connectivity index (χ0v) is 10.8. The maximum absolute atomic E-state index is 12.1. The van der Waals surface area contributed by atoms with Gasteiger partial charge in [-0.2, -0.15) is 5.10 Å². The lowest BCUT2D eigenvalue weighted by molar-refractivity contribution is -0.110. The Morgan fingerprint density at radius 2 is 2.12 bits per heavy atom. The van der Waals surface area contributed by atoms with E-state index >= 15 is 0 Å². The second kappa shape index (κ2) is 3.84. The van der Waals surface area contributed by atoms with Crippen LogP contribution in [0.5, 0.6) is 0 Å². The third kappa shape index (κ3) is 1.84. The average Bonchev–Trinajstić information content (AvgIpc) is 2.54. The van der Waals surface area contributed by atoms with Crippen molar-refractivity contribution in [1.29, 1.82) is 0 Å². The third-order valence-electron chi connectivity index (χ3n) is 3.76. The van der Waals surface area contributed by atoms with E-state index in [9.17, 15) is 9.90 Å². The van der Waals surface area contributed by atoms with Gasteiger partial charge in [0, 0.05) is 12.7 Å². The zero-order valence-electron chi connectivity index (χ0n) is 10.8. The van der Waals surface area contributed by atoms with Gasteiger partial charge in [-0.15, -0.1) is 0 Å². The van der Waals surface area contributed by atoms with Crippen molar-refractivity contribution in [3.8, 4) is 0 Å². The van der Waals surface area contributed by atoms with Gasteiger partial charge in [0.05, 0.1) is 24.8 Å². The quantitative estimate of drug-likeness (QED) is 0.818. The predicted molar refractivity (Wildman–Crippen MR) is 63.6 cm³/mol. The minimum absolute atomic E-state index is 0.0408. The van der Waals surface area contributed by atoms with Crippen LogP contribution in [0, 0.1) is 12.8 Å². The molecule has 1 amide bonds. The Bertz CT molecular complexity index is 445. The number of carbonyl (C=O) groups is 1. The second-order valence-corrected chi connectivity index (χ2v) is 5.19. The Balaban J connectivity index is 2.08. The van der Waals surface area contributed by atoms with Crippen molar-refractivity contribution in [2.24, 2.45) is 13.0 Å². The summed E-state index contributed by atoms with van der Waals surface area (Å²) in [6, 6.07) is 0. The number of amides is 1. The first-order valence-corrected chi connectivity index (χ1v) is 5.85. The molecule has 0 spiro atoms. The predicted octanol–water partition coefficient (Wildman–Crippen LogP) is 0.571. The summed E-state index contributed by atoms with van der Waals surface area (Å²) in [5, 5.41) is 14.2. The van der Waals surface area contributed by atoms with Crippen molar-refractivity contribution >= 4 is 5.91 Å². The summed E-state index contributed by atoms with van der Waals surface area (Å²) in [6.07, 6.45) is 1.59. The van der Waals surface area contributed by atoms with E-state index in [0.717, 1.165) is 5.69 Å². The van der Waals surface area contributed by atoms with Crippen LogP contribution in [0.4, 0.5) is 0 Å². The number of nitrogens with zero attached hydrogens (tertiary/aromatic N) is 3. The summed E-state index contributed by atoms with van der Waals surface area (Å²) in [5.74, 6) is 0.127. The molecule has 0 aromatic carbocycles. The molecule has 0 atom stereocenters. The molecule has 2 rings (SSSR count). The average molecular weight is 237 g/mol. The zero-order chi connectivity index (χ0) is 12.8. The molecule has 0 unspecified atom stereocenters. The maximum atomic E-state index is 12.1. The van der Waals surface area contributed by atoms with E-state index in [4.69, 9.17) is 0 Å². The molecular weight excluding hydrogens is 218 g/mol. The van der Waals surface area contributed by atoms with Crippen molar-refractivity contribution in [3.63, 3.8) is 0 Å². The number of hydrogen-bond donors (Lipinski definition) is 1. The molecule has 1 saturated heterocycles. The van der Waals surface area contributed by atoms with Crippen LogP contribution in [-0.4, -0.2) is 44.4 Å². The van der Waals surface area contributed by atoms with Crippen LogP contribution >= 0.6 is 0 Å². The molecule has 1 N–H and O–H groups in total. The van der Waals surface area contributed by atoms with Gasteiger partial charge in [0.1, 0.15) is 5.60 Å². The number of aryl methyl sites for hydroxylation is 1. The Morgan fingerprint density at radius 3 is 2.53 bits per heavy atom. The van der Waals surface area contributed by atoms with Crippen molar-refractivity contribution in [2.45, 2.75) is 26.4 Å². The summed E-state index contributed by atoms with van der Waals surface area (Å²) >= 11 is 0. The van der Waals surface area contributed by atoms with Crippen LogP contribution in [0.3, 0.4) is 0 Å². The van der Waals surface area contributed by atoms with Gasteiger partial charge in [0.25, 0.3) is 5.91 Å². The fraction of sp³-hybridized carbons (Fsp3) is 0.667. The van der Waals surface area contributed by atoms with Gasteiger partial charge >= 0.3 is 0 Å². The molecule has 5 nitrogen and oxygen atoms in total. The fourth-order valence-corrected chi connectivity index (χ4v) is 2.00. The first-order chi connectivity index (χ1) is 7.85. The van der Waals surface area contributed by atoms with E-state index in [1.54, 1.807) is 15.8 Å². The van der Waals surface area contributed by atoms with Gasteiger partial charge < -0.3 is 10.0 Å². The van der Waals surface area contributed by atoms with Crippen LogP contribution < -0.4 is 0 Å². The molecule has 1 aliphatic rings. The normalized spacial score (nSPS) is 18.4. The number of carbonyl (C=O) groups excluding carboxylic acids is 1. The first kappa shape index (κ1) is 12.1. The topological polar surface area (TPSA) is 58.4 Å². The summed E-state index contributed by atoms with van der Waals surface area (Å²) in [6.45, 7) is 6.64. The van der Waals surface area contributed by atoms with Gasteiger partial charge in [-0.25, -0.2) is 0 Å². The van der Waals surface area contributed by atoms with Gasteiger partial charge in [0.2, 0.25) is 0 Å². The van der Waals surface area contributed by atoms with E-state index in [0.29, 0.717) is 18.7 Å². The van der Waals surface area contributed by atoms with Crippen LogP contribution in [0.2, 0.25) is 0 Å².